The first kappa shape index (κ1) is 15.4. The number of rotatable bonds is 4. The van der Waals surface area contributed by atoms with E-state index in [0.717, 1.165) is 11.6 Å². The molecule has 2 aromatic carbocycles. The summed E-state index contributed by atoms with van der Waals surface area (Å²) >= 11 is 0. The van der Waals surface area contributed by atoms with Gasteiger partial charge in [-0.05, 0) is 24.6 Å². The molecular formula is C18H16F2N2O. The minimum absolute atomic E-state index is 0.0933. The predicted molar refractivity (Wildman–Crippen MR) is 86.2 cm³/mol. The average molecular weight is 314 g/mol. The van der Waals surface area contributed by atoms with Gasteiger partial charge in [-0.25, -0.2) is 8.78 Å². The van der Waals surface area contributed by atoms with Gasteiger partial charge in [0.1, 0.15) is 16.9 Å². The van der Waals surface area contributed by atoms with E-state index in [2.05, 4.69) is 10.3 Å². The summed E-state index contributed by atoms with van der Waals surface area (Å²) in [4.78, 5) is 3.94. The Morgan fingerprint density at radius 1 is 1.13 bits per heavy atom. The fourth-order valence-electron chi connectivity index (χ4n) is 2.50. The van der Waals surface area contributed by atoms with Crippen LogP contribution < -0.4 is 5.32 Å². The van der Waals surface area contributed by atoms with Crippen LogP contribution in [0.15, 0.2) is 54.7 Å². The minimum Gasteiger partial charge on any atom is -0.384 e. The number of nitrogens with zero attached hydrogens (tertiary/aromatic N) is 1. The summed E-state index contributed by atoms with van der Waals surface area (Å²) in [6.07, 6.45) is 1.45. The molecule has 0 saturated carbocycles. The minimum atomic E-state index is -1.12. The molecule has 0 aliphatic heterocycles. The number of aliphatic hydroxyl groups is 1. The van der Waals surface area contributed by atoms with E-state index in [1.165, 1.54) is 12.3 Å². The summed E-state index contributed by atoms with van der Waals surface area (Å²) in [6.45, 7) is 1.87. The van der Waals surface area contributed by atoms with E-state index in [9.17, 15) is 13.9 Å². The number of hydrogen-bond acceptors (Lipinski definition) is 3. The monoisotopic (exact) mass is 314 g/mol. The smallest absolute Gasteiger partial charge is 0.152 e. The molecule has 0 aliphatic carbocycles. The third-order valence-corrected chi connectivity index (χ3v) is 3.78. The first-order valence-electron chi connectivity index (χ1n) is 7.23. The van der Waals surface area contributed by atoms with Gasteiger partial charge in [0.15, 0.2) is 5.82 Å². The Kier molecular flexibility index (Phi) is 3.96. The number of halogens is 2. The van der Waals surface area contributed by atoms with Gasteiger partial charge in [-0.1, -0.05) is 30.3 Å². The number of anilines is 1. The molecule has 1 aromatic heterocycles. The maximum atomic E-state index is 13.8. The zero-order chi connectivity index (χ0) is 16.4. The Labute approximate surface area is 132 Å². The third kappa shape index (κ3) is 3.14. The van der Waals surface area contributed by atoms with Crippen molar-refractivity contribution < 1.29 is 13.9 Å². The van der Waals surface area contributed by atoms with Crippen LogP contribution >= 0.6 is 0 Å². The Balaban J connectivity index is 1.91. The molecule has 0 bridgehead atoms. The highest BCUT2D eigenvalue weighted by Gasteiger charge is 2.23. The van der Waals surface area contributed by atoms with Crippen molar-refractivity contribution in [1.29, 1.82) is 0 Å². The van der Waals surface area contributed by atoms with Gasteiger partial charge >= 0.3 is 0 Å². The van der Waals surface area contributed by atoms with Gasteiger partial charge in [0.25, 0.3) is 0 Å². The molecule has 0 radical (unpaired) electrons. The first-order valence-corrected chi connectivity index (χ1v) is 7.23. The van der Waals surface area contributed by atoms with Gasteiger partial charge in [0.2, 0.25) is 0 Å². The van der Waals surface area contributed by atoms with Gasteiger partial charge in [-0.15, -0.1) is 0 Å². The molecule has 118 valence electrons. The molecule has 2 N–H and O–H groups in total. The highest BCUT2D eigenvalue weighted by atomic mass is 19.1. The fraction of sp³-hybridized carbons (Fsp3) is 0.167. The van der Waals surface area contributed by atoms with Gasteiger partial charge in [-0.2, -0.15) is 0 Å². The second kappa shape index (κ2) is 5.93. The third-order valence-electron chi connectivity index (χ3n) is 3.78. The van der Waals surface area contributed by atoms with E-state index in [-0.39, 0.29) is 12.1 Å². The van der Waals surface area contributed by atoms with Crippen molar-refractivity contribution in [1.82, 2.24) is 4.98 Å². The number of benzene rings is 2. The Morgan fingerprint density at radius 3 is 2.61 bits per heavy atom. The van der Waals surface area contributed by atoms with Crippen LogP contribution in [0.25, 0.3) is 10.9 Å². The highest BCUT2D eigenvalue weighted by molar-refractivity contribution is 5.91. The van der Waals surface area contributed by atoms with E-state index >= 15 is 0 Å². The molecule has 0 saturated heterocycles. The number of fused-ring (bicyclic) bond motifs is 1. The van der Waals surface area contributed by atoms with Gasteiger partial charge in [-0.3, -0.25) is 4.98 Å². The van der Waals surface area contributed by atoms with Crippen molar-refractivity contribution in [2.75, 3.05) is 11.9 Å². The molecule has 1 atom stereocenters. The first-order chi connectivity index (χ1) is 11.0. The normalized spacial score (nSPS) is 13.7. The fourth-order valence-corrected chi connectivity index (χ4v) is 2.50. The summed E-state index contributed by atoms with van der Waals surface area (Å²) in [5.74, 6) is -1.38. The lowest BCUT2D eigenvalue weighted by atomic mass is 9.96. The zero-order valence-corrected chi connectivity index (χ0v) is 12.6. The van der Waals surface area contributed by atoms with Crippen LogP contribution in [0.5, 0.6) is 0 Å². The lowest BCUT2D eigenvalue weighted by molar-refractivity contribution is 0.0716. The molecule has 1 unspecified atom stereocenters. The second-order valence-electron chi connectivity index (χ2n) is 5.64. The zero-order valence-electron chi connectivity index (χ0n) is 12.6. The van der Waals surface area contributed by atoms with E-state index in [1.54, 1.807) is 13.0 Å². The van der Waals surface area contributed by atoms with Crippen molar-refractivity contribution in [2.45, 2.75) is 12.5 Å². The van der Waals surface area contributed by atoms with Crippen LogP contribution in [0.4, 0.5) is 14.5 Å². The van der Waals surface area contributed by atoms with E-state index in [1.807, 2.05) is 30.3 Å². The average Bonchev–Trinajstić information content (AvgIpc) is 2.54. The molecule has 0 amide bonds. The molecule has 0 fully saturated rings. The molecule has 5 heteroatoms. The Morgan fingerprint density at radius 2 is 1.87 bits per heavy atom. The molecule has 23 heavy (non-hydrogen) atoms. The molecule has 3 aromatic rings. The van der Waals surface area contributed by atoms with Crippen LogP contribution in [0.3, 0.4) is 0 Å². The molecule has 0 aliphatic rings. The topological polar surface area (TPSA) is 45.1 Å². The van der Waals surface area contributed by atoms with Crippen LogP contribution in [0.2, 0.25) is 0 Å². The SMILES string of the molecule is CC(O)(CNc1ccnc2c(F)cc(F)cc12)c1ccccc1. The lowest BCUT2D eigenvalue weighted by Crippen LogP contribution is -2.30. The second-order valence-corrected chi connectivity index (χ2v) is 5.64. The Bertz CT molecular complexity index is 835. The predicted octanol–water partition coefficient (Wildman–Crippen LogP) is 3.83. The number of hydrogen-bond donors (Lipinski definition) is 2. The summed E-state index contributed by atoms with van der Waals surface area (Å²) < 4.78 is 27.3. The summed E-state index contributed by atoms with van der Waals surface area (Å²) in [7, 11) is 0. The largest absolute Gasteiger partial charge is 0.384 e. The highest BCUT2D eigenvalue weighted by Crippen LogP contribution is 2.27. The van der Waals surface area contributed by atoms with Crippen molar-refractivity contribution in [3.05, 3.63) is 71.9 Å². The summed E-state index contributed by atoms with van der Waals surface area (Å²) in [5.41, 5.74) is 0.242. The van der Waals surface area contributed by atoms with Crippen LogP contribution in [0.1, 0.15) is 12.5 Å². The van der Waals surface area contributed by atoms with E-state index < -0.39 is 17.2 Å². The maximum absolute atomic E-state index is 13.8. The van der Waals surface area contributed by atoms with E-state index in [4.69, 9.17) is 0 Å². The maximum Gasteiger partial charge on any atom is 0.152 e. The molecule has 3 nitrogen and oxygen atoms in total. The van der Waals surface area contributed by atoms with Gasteiger partial charge in [0.05, 0.1) is 0 Å². The van der Waals surface area contributed by atoms with E-state index in [0.29, 0.717) is 11.1 Å². The summed E-state index contributed by atoms with van der Waals surface area (Å²) in [5, 5.41) is 14.0. The van der Waals surface area contributed by atoms with Crippen molar-refractivity contribution >= 4 is 16.6 Å². The lowest BCUT2D eigenvalue weighted by Gasteiger charge is -2.25. The van der Waals surface area contributed by atoms with Crippen LogP contribution in [0, 0.1) is 11.6 Å². The number of pyridine rings is 1. The number of nitrogens with one attached hydrogen (secondary N) is 1. The van der Waals surface area contributed by atoms with Crippen LogP contribution in [-0.2, 0) is 5.60 Å². The summed E-state index contributed by atoms with van der Waals surface area (Å²) in [6, 6.07) is 12.9. The van der Waals surface area contributed by atoms with Crippen molar-refractivity contribution in [2.24, 2.45) is 0 Å². The molecule has 0 spiro atoms. The van der Waals surface area contributed by atoms with Gasteiger partial charge < -0.3 is 10.4 Å². The molecule has 3 rings (SSSR count). The quantitative estimate of drug-likeness (QED) is 0.769. The standard InChI is InChI=1S/C18H16F2N2O/c1-18(23,12-5-3-2-4-6-12)11-22-16-7-8-21-17-14(16)9-13(19)10-15(17)20/h2-10,23H,11H2,1H3,(H,21,22). The molecule has 1 heterocycles. The number of aromatic nitrogens is 1. The van der Waals surface area contributed by atoms with Crippen LogP contribution in [-0.4, -0.2) is 16.6 Å². The van der Waals surface area contributed by atoms with Gasteiger partial charge in [0, 0.05) is 29.9 Å². The Hall–Kier alpha value is -2.53. The van der Waals surface area contributed by atoms with Crippen molar-refractivity contribution in [3.8, 4) is 0 Å². The molecular weight excluding hydrogens is 298 g/mol. The van der Waals surface area contributed by atoms with Crippen molar-refractivity contribution in [3.63, 3.8) is 0 Å².